The number of hydrogen-bond donors (Lipinski definition) is 1. The highest BCUT2D eigenvalue weighted by Crippen LogP contribution is 2.26. The second-order valence-corrected chi connectivity index (χ2v) is 3.55. The molecule has 1 aliphatic carbocycles. The van der Waals surface area contributed by atoms with Crippen molar-refractivity contribution in [3.63, 3.8) is 0 Å². The Morgan fingerprint density at radius 2 is 2.38 bits per heavy atom. The number of nitrogens with two attached hydrogens (primary N) is 1. The first-order chi connectivity index (χ1) is 6.25. The zero-order valence-electron chi connectivity index (χ0n) is 7.77. The maximum Gasteiger partial charge on any atom is 0.220 e. The molecule has 0 spiro atoms. The fraction of sp³-hybridized carbons (Fsp3) is 0.556. The van der Waals surface area contributed by atoms with Crippen LogP contribution in [0.25, 0.3) is 0 Å². The topological polar surface area (TPSA) is 55.0 Å². The van der Waals surface area contributed by atoms with Gasteiger partial charge in [-0.25, -0.2) is 9.97 Å². The van der Waals surface area contributed by atoms with E-state index in [-0.39, 0.29) is 0 Å². The molecule has 0 aromatic carbocycles. The van der Waals surface area contributed by atoms with Crippen molar-refractivity contribution in [1.82, 2.24) is 14.9 Å². The molecule has 1 heterocycles. The third-order valence-corrected chi connectivity index (χ3v) is 2.31. The van der Waals surface area contributed by atoms with Gasteiger partial charge < -0.3 is 5.73 Å². The Hall–Kier alpha value is -1.16. The van der Waals surface area contributed by atoms with Crippen LogP contribution in [0.5, 0.6) is 0 Å². The Balaban J connectivity index is 2.00. The van der Waals surface area contributed by atoms with E-state index in [1.54, 1.807) is 6.20 Å². The second kappa shape index (κ2) is 3.30. The number of nitrogen functional groups attached to an aromatic ring is 1. The number of anilines is 1. The van der Waals surface area contributed by atoms with Crippen molar-refractivity contribution in [2.75, 3.05) is 12.8 Å². The highest BCUT2D eigenvalue weighted by molar-refractivity contribution is 5.17. The Morgan fingerprint density at radius 1 is 1.62 bits per heavy atom. The first kappa shape index (κ1) is 8.44. The molecule has 0 radical (unpaired) electrons. The smallest absolute Gasteiger partial charge is 0.220 e. The third kappa shape index (κ3) is 2.15. The van der Waals surface area contributed by atoms with Crippen LogP contribution in [0, 0.1) is 0 Å². The van der Waals surface area contributed by atoms with Crippen molar-refractivity contribution in [2.24, 2.45) is 0 Å². The summed E-state index contributed by atoms with van der Waals surface area (Å²) in [5, 5.41) is 0. The van der Waals surface area contributed by atoms with E-state index in [2.05, 4.69) is 21.9 Å². The zero-order valence-corrected chi connectivity index (χ0v) is 7.77. The molecule has 0 unspecified atom stereocenters. The van der Waals surface area contributed by atoms with Crippen LogP contribution < -0.4 is 5.73 Å². The lowest BCUT2D eigenvalue weighted by Crippen LogP contribution is -2.20. The van der Waals surface area contributed by atoms with Crippen molar-refractivity contribution >= 4 is 5.95 Å². The van der Waals surface area contributed by atoms with E-state index in [0.29, 0.717) is 5.95 Å². The zero-order chi connectivity index (χ0) is 9.26. The van der Waals surface area contributed by atoms with E-state index < -0.39 is 0 Å². The van der Waals surface area contributed by atoms with Crippen molar-refractivity contribution in [3.8, 4) is 0 Å². The Bertz CT molecular complexity index is 295. The molecule has 0 bridgehead atoms. The van der Waals surface area contributed by atoms with Gasteiger partial charge in [-0.2, -0.15) is 0 Å². The van der Waals surface area contributed by atoms with Crippen molar-refractivity contribution in [2.45, 2.75) is 25.4 Å². The van der Waals surface area contributed by atoms with Gasteiger partial charge in [0, 0.05) is 18.8 Å². The minimum Gasteiger partial charge on any atom is -0.368 e. The summed E-state index contributed by atoms with van der Waals surface area (Å²) in [5.41, 5.74) is 6.49. The Kier molecular flexibility index (Phi) is 2.14. The van der Waals surface area contributed by atoms with Crippen LogP contribution in [0.4, 0.5) is 5.95 Å². The molecule has 0 saturated heterocycles. The number of rotatable bonds is 3. The SMILES string of the molecule is CN(Cc1ccnc(N)n1)C1CC1. The highest BCUT2D eigenvalue weighted by Gasteiger charge is 2.26. The summed E-state index contributed by atoms with van der Waals surface area (Å²) in [6.07, 6.45) is 4.34. The molecule has 70 valence electrons. The van der Waals surface area contributed by atoms with Crippen LogP contribution in [-0.4, -0.2) is 28.0 Å². The predicted octanol–water partition coefficient (Wildman–Crippen LogP) is 0.653. The molecular formula is C9H14N4. The fourth-order valence-corrected chi connectivity index (χ4v) is 1.40. The second-order valence-electron chi connectivity index (χ2n) is 3.55. The van der Waals surface area contributed by atoms with Gasteiger partial charge in [-0.05, 0) is 26.0 Å². The fourth-order valence-electron chi connectivity index (χ4n) is 1.40. The quantitative estimate of drug-likeness (QED) is 0.738. The predicted molar refractivity (Wildman–Crippen MR) is 50.9 cm³/mol. The van der Waals surface area contributed by atoms with Gasteiger partial charge in [0.15, 0.2) is 0 Å². The van der Waals surface area contributed by atoms with Gasteiger partial charge >= 0.3 is 0 Å². The molecule has 1 saturated carbocycles. The maximum absolute atomic E-state index is 5.49. The van der Waals surface area contributed by atoms with Crippen LogP contribution in [-0.2, 0) is 6.54 Å². The van der Waals surface area contributed by atoms with Gasteiger partial charge in [0.05, 0.1) is 5.69 Å². The lowest BCUT2D eigenvalue weighted by Gasteiger charge is -2.14. The molecule has 2 rings (SSSR count). The molecule has 13 heavy (non-hydrogen) atoms. The number of hydrogen-bond acceptors (Lipinski definition) is 4. The molecule has 0 amide bonds. The lowest BCUT2D eigenvalue weighted by molar-refractivity contribution is 0.312. The van der Waals surface area contributed by atoms with Crippen LogP contribution in [0.3, 0.4) is 0 Å². The van der Waals surface area contributed by atoms with E-state index >= 15 is 0 Å². The standard InChI is InChI=1S/C9H14N4/c1-13(8-2-3-8)6-7-4-5-11-9(10)12-7/h4-5,8H,2-3,6H2,1H3,(H2,10,11,12). The third-order valence-electron chi connectivity index (χ3n) is 2.31. The molecule has 0 atom stereocenters. The minimum atomic E-state index is 0.363. The molecule has 4 heteroatoms. The minimum absolute atomic E-state index is 0.363. The Morgan fingerprint density at radius 3 is 3.00 bits per heavy atom. The summed E-state index contributed by atoms with van der Waals surface area (Å²) in [6, 6.07) is 2.67. The van der Waals surface area contributed by atoms with Gasteiger partial charge in [-0.1, -0.05) is 0 Å². The van der Waals surface area contributed by atoms with Crippen molar-refractivity contribution in [3.05, 3.63) is 18.0 Å². The lowest BCUT2D eigenvalue weighted by atomic mass is 10.3. The van der Waals surface area contributed by atoms with E-state index in [4.69, 9.17) is 5.73 Å². The van der Waals surface area contributed by atoms with Crippen LogP contribution in [0.2, 0.25) is 0 Å². The molecular weight excluding hydrogens is 164 g/mol. The normalized spacial score (nSPS) is 16.5. The van der Waals surface area contributed by atoms with E-state index in [1.165, 1.54) is 12.8 Å². The summed E-state index contributed by atoms with van der Waals surface area (Å²) >= 11 is 0. The van der Waals surface area contributed by atoms with Crippen molar-refractivity contribution in [1.29, 1.82) is 0 Å². The van der Waals surface area contributed by atoms with Gasteiger partial charge in [0.2, 0.25) is 5.95 Å². The van der Waals surface area contributed by atoms with E-state index in [1.807, 2.05) is 6.07 Å². The molecule has 1 fully saturated rings. The van der Waals surface area contributed by atoms with Crippen molar-refractivity contribution < 1.29 is 0 Å². The summed E-state index contributed by atoms with van der Waals surface area (Å²) < 4.78 is 0. The molecule has 1 aliphatic rings. The van der Waals surface area contributed by atoms with E-state index in [9.17, 15) is 0 Å². The molecule has 2 N–H and O–H groups in total. The first-order valence-electron chi connectivity index (χ1n) is 4.53. The maximum atomic E-state index is 5.49. The first-order valence-corrected chi connectivity index (χ1v) is 4.53. The van der Waals surface area contributed by atoms with E-state index in [0.717, 1.165) is 18.3 Å². The van der Waals surface area contributed by atoms with Gasteiger partial charge in [-0.15, -0.1) is 0 Å². The summed E-state index contributed by atoms with van der Waals surface area (Å²) in [4.78, 5) is 10.3. The van der Waals surface area contributed by atoms with Crippen LogP contribution in [0.1, 0.15) is 18.5 Å². The summed E-state index contributed by atoms with van der Waals surface area (Å²) in [5.74, 6) is 0.363. The van der Waals surface area contributed by atoms with Gasteiger partial charge in [-0.3, -0.25) is 4.90 Å². The number of nitrogens with zero attached hydrogens (tertiary/aromatic N) is 3. The number of aromatic nitrogens is 2. The average molecular weight is 178 g/mol. The monoisotopic (exact) mass is 178 g/mol. The molecule has 0 aliphatic heterocycles. The van der Waals surface area contributed by atoms with Crippen LogP contribution in [0.15, 0.2) is 12.3 Å². The van der Waals surface area contributed by atoms with Gasteiger partial charge in [0.25, 0.3) is 0 Å². The van der Waals surface area contributed by atoms with Gasteiger partial charge in [0.1, 0.15) is 0 Å². The average Bonchev–Trinajstić information content (AvgIpc) is 2.85. The Labute approximate surface area is 77.8 Å². The highest BCUT2D eigenvalue weighted by atomic mass is 15.2. The molecule has 4 nitrogen and oxygen atoms in total. The summed E-state index contributed by atoms with van der Waals surface area (Å²) in [7, 11) is 2.12. The molecule has 1 aromatic heterocycles. The van der Waals surface area contributed by atoms with Crippen LogP contribution >= 0.6 is 0 Å². The summed E-state index contributed by atoms with van der Waals surface area (Å²) in [6.45, 7) is 0.872. The molecule has 1 aromatic rings. The largest absolute Gasteiger partial charge is 0.368 e.